The first-order valence-electron chi connectivity index (χ1n) is 11.2. The molecule has 0 bridgehead atoms. The number of nitrogen functional groups attached to an aromatic ring is 2. The monoisotopic (exact) mass is 436 g/mol. The fraction of sp³-hybridized carbons (Fsp3) is 0.385. The largest absolute Gasteiger partial charge is 0.458 e. The second-order valence-electron chi connectivity index (χ2n) is 8.40. The van der Waals surface area contributed by atoms with Crippen LogP contribution in [0, 0.1) is 11.8 Å². The van der Waals surface area contributed by atoms with Crippen molar-refractivity contribution in [3.8, 4) is 5.75 Å². The van der Waals surface area contributed by atoms with Crippen LogP contribution in [-0.2, 0) is 20.9 Å². The van der Waals surface area contributed by atoms with Crippen molar-refractivity contribution in [2.24, 2.45) is 11.8 Å². The topological polar surface area (TPSA) is 105 Å². The minimum atomic E-state index is -0.485. The number of esters is 2. The summed E-state index contributed by atoms with van der Waals surface area (Å²) < 4.78 is 10.8. The van der Waals surface area contributed by atoms with E-state index < -0.39 is 5.97 Å². The average molecular weight is 437 g/mol. The fourth-order valence-electron chi connectivity index (χ4n) is 4.05. The predicted molar refractivity (Wildman–Crippen MR) is 127 cm³/mol. The van der Waals surface area contributed by atoms with Crippen molar-refractivity contribution in [2.75, 3.05) is 11.5 Å². The molecular formula is C26H32N2O4. The Morgan fingerprint density at radius 3 is 2.44 bits per heavy atom. The number of carbonyl (C=O) groups excluding carboxylic acids is 2. The Balaban J connectivity index is 1.45. The van der Waals surface area contributed by atoms with Crippen molar-refractivity contribution in [2.45, 2.75) is 52.1 Å². The van der Waals surface area contributed by atoms with Gasteiger partial charge in [-0.25, -0.2) is 4.79 Å². The second kappa shape index (κ2) is 11.4. The first-order valence-corrected chi connectivity index (χ1v) is 11.2. The molecule has 0 spiro atoms. The number of anilines is 2. The maximum Gasteiger partial charge on any atom is 0.331 e. The van der Waals surface area contributed by atoms with E-state index in [-0.39, 0.29) is 18.5 Å². The van der Waals surface area contributed by atoms with Crippen LogP contribution >= 0.6 is 0 Å². The van der Waals surface area contributed by atoms with E-state index in [0.717, 1.165) is 37.2 Å². The van der Waals surface area contributed by atoms with Gasteiger partial charge >= 0.3 is 11.9 Å². The minimum Gasteiger partial charge on any atom is -0.458 e. The molecule has 0 aliphatic heterocycles. The van der Waals surface area contributed by atoms with Gasteiger partial charge in [0, 0.05) is 23.0 Å². The van der Waals surface area contributed by atoms with E-state index in [4.69, 9.17) is 20.9 Å². The molecule has 0 unspecified atom stereocenters. The molecule has 32 heavy (non-hydrogen) atoms. The Bertz CT molecular complexity index is 945. The lowest BCUT2D eigenvalue weighted by Gasteiger charge is -2.26. The van der Waals surface area contributed by atoms with E-state index in [1.807, 2.05) is 0 Å². The molecule has 6 nitrogen and oxygen atoms in total. The molecule has 2 aromatic rings. The molecule has 0 amide bonds. The van der Waals surface area contributed by atoms with Gasteiger partial charge in [-0.05, 0) is 73.6 Å². The van der Waals surface area contributed by atoms with E-state index in [9.17, 15) is 9.59 Å². The number of carbonyl (C=O) groups is 2. The van der Waals surface area contributed by atoms with Gasteiger partial charge in [0.25, 0.3) is 0 Å². The van der Waals surface area contributed by atoms with E-state index in [1.165, 1.54) is 18.9 Å². The van der Waals surface area contributed by atoms with E-state index in [1.54, 1.807) is 48.5 Å². The first-order chi connectivity index (χ1) is 15.4. The molecule has 0 aromatic heterocycles. The normalized spacial score (nSPS) is 18.4. The molecule has 2 aromatic carbocycles. The second-order valence-corrected chi connectivity index (χ2v) is 8.40. The summed E-state index contributed by atoms with van der Waals surface area (Å²) in [5.74, 6) is 0.632. The van der Waals surface area contributed by atoms with Crippen molar-refractivity contribution >= 4 is 29.4 Å². The van der Waals surface area contributed by atoms with Gasteiger partial charge in [-0.15, -0.1) is 0 Å². The molecule has 0 radical (unpaired) electrons. The van der Waals surface area contributed by atoms with Crippen LogP contribution in [0.1, 0.15) is 56.6 Å². The summed E-state index contributed by atoms with van der Waals surface area (Å²) in [6.07, 6.45) is 9.48. The Labute approximate surface area is 189 Å². The zero-order chi connectivity index (χ0) is 22.9. The summed E-state index contributed by atoms with van der Waals surface area (Å²) in [5.41, 5.74) is 14.1. The lowest BCUT2D eigenvalue weighted by atomic mass is 9.80. The zero-order valence-electron chi connectivity index (χ0n) is 18.6. The highest BCUT2D eigenvalue weighted by molar-refractivity contribution is 5.87. The summed E-state index contributed by atoms with van der Waals surface area (Å²) >= 11 is 0. The Hall–Kier alpha value is -3.28. The smallest absolute Gasteiger partial charge is 0.331 e. The minimum absolute atomic E-state index is 0.00792. The van der Waals surface area contributed by atoms with Crippen molar-refractivity contribution in [3.63, 3.8) is 0 Å². The highest BCUT2D eigenvalue weighted by Crippen LogP contribution is 2.32. The SMILES string of the molecule is CCCC1CCC(C(=O)Oc2ccc(/C=C/C(=O)OCc3cc(N)ccc3N)cc2)CC1. The van der Waals surface area contributed by atoms with Crippen molar-refractivity contribution < 1.29 is 19.1 Å². The summed E-state index contributed by atoms with van der Waals surface area (Å²) in [4.78, 5) is 24.4. The van der Waals surface area contributed by atoms with Crippen LogP contribution in [0.3, 0.4) is 0 Å². The molecule has 1 aliphatic carbocycles. The van der Waals surface area contributed by atoms with Crippen LogP contribution in [-0.4, -0.2) is 11.9 Å². The molecular weight excluding hydrogens is 404 g/mol. The van der Waals surface area contributed by atoms with Crippen molar-refractivity contribution in [1.29, 1.82) is 0 Å². The summed E-state index contributed by atoms with van der Waals surface area (Å²) in [5, 5.41) is 0. The molecule has 0 heterocycles. The van der Waals surface area contributed by atoms with Gasteiger partial charge in [-0.1, -0.05) is 31.9 Å². The highest BCUT2D eigenvalue weighted by Gasteiger charge is 2.27. The average Bonchev–Trinajstić information content (AvgIpc) is 2.80. The fourth-order valence-corrected chi connectivity index (χ4v) is 4.05. The molecule has 170 valence electrons. The maximum atomic E-state index is 12.5. The maximum absolute atomic E-state index is 12.5. The summed E-state index contributed by atoms with van der Waals surface area (Å²) in [6, 6.07) is 12.1. The third-order valence-corrected chi connectivity index (χ3v) is 5.92. The molecule has 1 aliphatic rings. The van der Waals surface area contributed by atoms with Crippen LogP contribution in [0.15, 0.2) is 48.5 Å². The molecule has 0 saturated heterocycles. The van der Waals surface area contributed by atoms with Gasteiger partial charge in [0.05, 0.1) is 5.92 Å². The molecule has 1 saturated carbocycles. The molecule has 3 rings (SSSR count). The van der Waals surface area contributed by atoms with Crippen LogP contribution in [0.2, 0.25) is 0 Å². The van der Waals surface area contributed by atoms with Crippen molar-refractivity contribution in [3.05, 3.63) is 59.7 Å². The Morgan fingerprint density at radius 1 is 1.03 bits per heavy atom. The van der Waals surface area contributed by atoms with Crippen LogP contribution in [0.5, 0.6) is 5.75 Å². The van der Waals surface area contributed by atoms with Crippen LogP contribution in [0.25, 0.3) is 6.08 Å². The molecule has 4 N–H and O–H groups in total. The number of ether oxygens (including phenoxy) is 2. The van der Waals surface area contributed by atoms with E-state index in [0.29, 0.717) is 22.7 Å². The van der Waals surface area contributed by atoms with E-state index >= 15 is 0 Å². The Morgan fingerprint density at radius 2 is 1.75 bits per heavy atom. The highest BCUT2D eigenvalue weighted by atomic mass is 16.5. The third-order valence-electron chi connectivity index (χ3n) is 5.92. The number of nitrogens with two attached hydrogens (primary N) is 2. The quantitative estimate of drug-likeness (QED) is 0.258. The Kier molecular flexibility index (Phi) is 8.31. The molecule has 6 heteroatoms. The van der Waals surface area contributed by atoms with E-state index in [2.05, 4.69) is 6.92 Å². The summed E-state index contributed by atoms with van der Waals surface area (Å²) in [6.45, 7) is 2.26. The van der Waals surface area contributed by atoms with Gasteiger partial charge in [-0.3, -0.25) is 4.79 Å². The zero-order valence-corrected chi connectivity index (χ0v) is 18.6. The summed E-state index contributed by atoms with van der Waals surface area (Å²) in [7, 11) is 0. The van der Waals surface area contributed by atoms with Crippen LogP contribution < -0.4 is 16.2 Å². The van der Waals surface area contributed by atoms with Gasteiger partial charge < -0.3 is 20.9 Å². The predicted octanol–water partition coefficient (Wildman–Crippen LogP) is 5.12. The standard InChI is InChI=1S/C26H32N2O4/c1-2-3-18-4-9-20(10-5-18)26(30)32-23-12-6-19(7-13-23)8-15-25(29)31-17-21-16-22(27)11-14-24(21)28/h6-8,11-16,18,20H,2-5,9-10,17,27-28H2,1H3/b15-8+. The molecule has 0 atom stereocenters. The number of rotatable bonds is 8. The first kappa shape index (κ1) is 23.4. The van der Waals surface area contributed by atoms with Crippen LogP contribution in [0.4, 0.5) is 11.4 Å². The number of hydrogen-bond acceptors (Lipinski definition) is 6. The van der Waals surface area contributed by atoms with Gasteiger partial charge in [0.1, 0.15) is 12.4 Å². The third kappa shape index (κ3) is 6.87. The number of hydrogen-bond donors (Lipinski definition) is 2. The van der Waals surface area contributed by atoms with Gasteiger partial charge in [0.2, 0.25) is 0 Å². The lowest BCUT2D eigenvalue weighted by molar-refractivity contribution is -0.140. The van der Waals surface area contributed by atoms with Gasteiger partial charge in [-0.2, -0.15) is 0 Å². The van der Waals surface area contributed by atoms with Gasteiger partial charge in [0.15, 0.2) is 0 Å². The molecule has 1 fully saturated rings. The van der Waals surface area contributed by atoms with Crippen molar-refractivity contribution in [1.82, 2.24) is 0 Å². The lowest BCUT2D eigenvalue weighted by Crippen LogP contribution is -2.25. The number of benzene rings is 2.